The molecular weight excluding hydrogens is 409 g/mol. The lowest BCUT2D eigenvalue weighted by Crippen LogP contribution is -2.21. The highest BCUT2D eigenvalue weighted by Crippen LogP contribution is 2.63. The molecule has 0 N–H and O–H groups in total. The largest absolute Gasteiger partial charge is 0.458 e. The van der Waals surface area contributed by atoms with Crippen LogP contribution in [0.1, 0.15) is 33.6 Å². The van der Waals surface area contributed by atoms with Crippen LogP contribution in [-0.4, -0.2) is 12.1 Å². The van der Waals surface area contributed by atoms with E-state index in [0.29, 0.717) is 17.1 Å². The van der Waals surface area contributed by atoms with Gasteiger partial charge in [0, 0.05) is 11.5 Å². The fourth-order valence-corrected chi connectivity index (χ4v) is 3.87. The number of esters is 1. The molecule has 1 fully saturated rings. The maximum Gasteiger partial charge on any atom is 0.311 e. The van der Waals surface area contributed by atoms with Gasteiger partial charge in [-0.1, -0.05) is 62.4 Å². The van der Waals surface area contributed by atoms with E-state index in [-0.39, 0.29) is 15.8 Å². The first-order valence-electron chi connectivity index (χ1n) is 9.32. The predicted octanol–water partition coefficient (Wildman–Crippen LogP) is 6.28. The van der Waals surface area contributed by atoms with E-state index in [1.807, 2.05) is 38.1 Å². The Morgan fingerprint density at radius 3 is 2.59 bits per heavy atom. The van der Waals surface area contributed by atoms with Gasteiger partial charge in [0.25, 0.3) is 0 Å². The Kier molecular flexibility index (Phi) is 7.57. The summed E-state index contributed by atoms with van der Waals surface area (Å²) in [6.07, 6.45) is 9.59. The molecule has 0 aliphatic heterocycles. The summed E-state index contributed by atoms with van der Waals surface area (Å²) in [5.41, 5.74) is 0.786. The number of allylic oxidation sites excluding steroid dienone is 5. The van der Waals surface area contributed by atoms with E-state index >= 15 is 0 Å². The summed E-state index contributed by atoms with van der Waals surface area (Å²) in [7, 11) is 0. The number of nitrogens with zero attached hydrogens (tertiary/aromatic N) is 1. The molecule has 1 unspecified atom stereocenters. The van der Waals surface area contributed by atoms with Crippen molar-refractivity contribution < 1.29 is 14.3 Å². The normalized spacial score (nSPS) is 23.2. The molecular formula is C23H25Cl2NO3. The fraction of sp³-hybridized carbons (Fsp3) is 0.391. The molecule has 0 radical (unpaired) electrons. The lowest BCUT2D eigenvalue weighted by molar-refractivity contribution is -0.147. The second kappa shape index (κ2) is 9.52. The molecule has 6 heteroatoms. The summed E-state index contributed by atoms with van der Waals surface area (Å²) in [4.78, 5) is 12.7. The highest BCUT2D eigenvalue weighted by atomic mass is 35.5. The molecule has 4 nitrogen and oxygen atoms in total. The predicted molar refractivity (Wildman–Crippen MR) is 116 cm³/mol. The first-order valence-corrected chi connectivity index (χ1v) is 10.1. The van der Waals surface area contributed by atoms with E-state index in [4.69, 9.17) is 32.7 Å². The zero-order chi connectivity index (χ0) is 21.8. The monoisotopic (exact) mass is 433 g/mol. The molecule has 2 rings (SSSR count). The Hall–Kier alpha value is -2.22. The van der Waals surface area contributed by atoms with Gasteiger partial charge in [0.1, 0.15) is 22.1 Å². The molecule has 0 heterocycles. The second-order valence-corrected chi connectivity index (χ2v) is 8.62. The average molecular weight is 434 g/mol. The topological polar surface area (TPSA) is 59.3 Å². The fourth-order valence-electron chi connectivity index (χ4n) is 3.64. The first kappa shape index (κ1) is 23.1. The van der Waals surface area contributed by atoms with Gasteiger partial charge >= 0.3 is 5.97 Å². The molecule has 0 aromatic carbocycles. The second-order valence-electron chi connectivity index (χ2n) is 7.67. The number of rotatable bonds is 8. The summed E-state index contributed by atoms with van der Waals surface area (Å²) in [6, 6.07) is 2.00. The molecule has 2 aliphatic carbocycles. The average Bonchev–Trinajstić information content (AvgIpc) is 3.26. The molecule has 2 aliphatic rings. The van der Waals surface area contributed by atoms with Crippen molar-refractivity contribution in [3.05, 3.63) is 70.7 Å². The first-order chi connectivity index (χ1) is 13.6. The number of hydrogen-bond donors (Lipinski definition) is 0. The number of carbonyl (C=O) groups is 1. The van der Waals surface area contributed by atoms with E-state index in [9.17, 15) is 10.1 Å². The molecule has 0 aromatic rings. The number of carbonyl (C=O) groups excluding carboxylic acids is 1. The minimum atomic E-state index is -1.12. The summed E-state index contributed by atoms with van der Waals surface area (Å²) in [6.45, 7) is 13.2. The van der Waals surface area contributed by atoms with Crippen molar-refractivity contribution in [1.29, 1.82) is 5.26 Å². The maximum absolute atomic E-state index is 12.7. The molecule has 29 heavy (non-hydrogen) atoms. The third-order valence-corrected chi connectivity index (χ3v) is 5.87. The van der Waals surface area contributed by atoms with E-state index in [1.165, 1.54) is 6.08 Å². The van der Waals surface area contributed by atoms with Crippen LogP contribution in [0, 0.1) is 28.6 Å². The minimum absolute atomic E-state index is 0.126. The summed E-state index contributed by atoms with van der Waals surface area (Å²) >= 11 is 11.8. The van der Waals surface area contributed by atoms with Gasteiger partial charge in [-0.05, 0) is 49.0 Å². The van der Waals surface area contributed by atoms with Crippen LogP contribution in [0.4, 0.5) is 0 Å². The van der Waals surface area contributed by atoms with Gasteiger partial charge in [-0.3, -0.25) is 4.79 Å². The van der Waals surface area contributed by atoms with E-state index in [2.05, 4.69) is 13.2 Å². The molecule has 154 valence electrons. The van der Waals surface area contributed by atoms with E-state index < -0.39 is 18.0 Å². The quantitative estimate of drug-likeness (QED) is 0.256. The zero-order valence-corrected chi connectivity index (χ0v) is 18.4. The molecule has 0 spiro atoms. The Balaban J connectivity index is 2.10. The van der Waals surface area contributed by atoms with Gasteiger partial charge in [-0.25, -0.2) is 0 Å². The van der Waals surface area contributed by atoms with E-state index in [0.717, 1.165) is 18.4 Å². The SMILES string of the molecule is C=C/C(=C\C(=C)OC1=CCCC=C1)C(C#N)OC(=O)[C@H]1[C@@H](C(C)=C(Cl)Cl)C1(C)C. The minimum Gasteiger partial charge on any atom is -0.458 e. The van der Waals surface area contributed by atoms with Crippen molar-refractivity contribution >= 4 is 29.2 Å². The van der Waals surface area contributed by atoms with Gasteiger partial charge in [0.2, 0.25) is 6.10 Å². The van der Waals surface area contributed by atoms with Crippen LogP contribution in [0.2, 0.25) is 0 Å². The van der Waals surface area contributed by atoms with Crippen LogP contribution in [0.5, 0.6) is 0 Å². The van der Waals surface area contributed by atoms with Crippen molar-refractivity contribution in [3.63, 3.8) is 0 Å². The highest BCUT2D eigenvalue weighted by Gasteiger charge is 2.63. The van der Waals surface area contributed by atoms with Crippen molar-refractivity contribution in [2.24, 2.45) is 17.3 Å². The Labute approximate surface area is 182 Å². The van der Waals surface area contributed by atoms with Crippen LogP contribution in [-0.2, 0) is 14.3 Å². The van der Waals surface area contributed by atoms with Gasteiger partial charge < -0.3 is 9.47 Å². The van der Waals surface area contributed by atoms with Gasteiger partial charge in [0.05, 0.1) is 5.92 Å². The van der Waals surface area contributed by atoms with Crippen molar-refractivity contribution in [2.45, 2.75) is 39.7 Å². The maximum atomic E-state index is 12.7. The molecule has 0 saturated heterocycles. The van der Waals surface area contributed by atoms with Gasteiger partial charge in [0.15, 0.2) is 0 Å². The lowest BCUT2D eigenvalue weighted by atomic mass is 10.1. The molecule has 0 aromatic heterocycles. The van der Waals surface area contributed by atoms with Crippen molar-refractivity contribution in [1.82, 2.24) is 0 Å². The van der Waals surface area contributed by atoms with Crippen LogP contribution in [0.3, 0.4) is 0 Å². The molecule has 0 bridgehead atoms. The number of halogens is 2. The van der Waals surface area contributed by atoms with Gasteiger partial charge in [-0.15, -0.1) is 0 Å². The number of nitriles is 1. The molecule has 0 amide bonds. The molecule has 1 saturated carbocycles. The summed E-state index contributed by atoms with van der Waals surface area (Å²) in [5.74, 6) is -0.00839. The van der Waals surface area contributed by atoms with E-state index in [1.54, 1.807) is 13.0 Å². The highest BCUT2D eigenvalue weighted by molar-refractivity contribution is 6.56. The lowest BCUT2D eigenvalue weighted by Gasteiger charge is -2.14. The van der Waals surface area contributed by atoms with Crippen LogP contribution in [0.25, 0.3) is 0 Å². The Bertz CT molecular complexity index is 867. The van der Waals surface area contributed by atoms with Crippen LogP contribution in [0.15, 0.2) is 70.7 Å². The standard InChI is InChI=1S/C23H25Cl2NO3/c1-6-16(12-14(2)28-17-10-8-7-9-11-17)18(13-26)29-22(27)20-19(23(20,4)5)15(3)21(24)25/h6,8,10-12,18-20H,1-2,7,9H2,3-5H3/b16-12+/t18?,19-,20-/m1/s1. The van der Waals surface area contributed by atoms with Crippen molar-refractivity contribution in [2.75, 3.05) is 0 Å². The van der Waals surface area contributed by atoms with Crippen LogP contribution >= 0.6 is 23.2 Å². The third-order valence-electron chi connectivity index (χ3n) is 5.27. The third kappa shape index (κ3) is 5.44. The summed E-state index contributed by atoms with van der Waals surface area (Å²) < 4.78 is 11.3. The Morgan fingerprint density at radius 1 is 1.38 bits per heavy atom. The smallest absolute Gasteiger partial charge is 0.311 e. The van der Waals surface area contributed by atoms with Crippen molar-refractivity contribution in [3.8, 4) is 6.07 Å². The summed E-state index contributed by atoms with van der Waals surface area (Å²) in [5, 5.41) is 9.55. The zero-order valence-electron chi connectivity index (χ0n) is 16.9. The van der Waals surface area contributed by atoms with Crippen LogP contribution < -0.4 is 0 Å². The number of hydrogen-bond acceptors (Lipinski definition) is 4. The Morgan fingerprint density at radius 2 is 2.07 bits per heavy atom. The number of ether oxygens (including phenoxy) is 2. The molecule has 3 atom stereocenters. The van der Waals surface area contributed by atoms with Gasteiger partial charge in [-0.2, -0.15) is 5.26 Å².